The fraction of sp³-hybridized carbons (Fsp3) is 0.500. The van der Waals surface area contributed by atoms with Gasteiger partial charge in [-0.2, -0.15) is 0 Å². The normalized spacial score (nSPS) is 15.7. The second kappa shape index (κ2) is 9.48. The van der Waals surface area contributed by atoms with Gasteiger partial charge in [0.1, 0.15) is 11.5 Å². The summed E-state index contributed by atoms with van der Waals surface area (Å²) in [7, 11) is 0.643. The van der Waals surface area contributed by atoms with Crippen molar-refractivity contribution >= 4 is 21.7 Å². The maximum Gasteiger partial charge on any atom is 0.223 e. The van der Waals surface area contributed by atoms with Gasteiger partial charge in [0, 0.05) is 64.0 Å². The Bertz CT molecular complexity index is 973. The molecule has 1 aliphatic heterocycles. The zero-order chi connectivity index (χ0) is 21.7. The summed E-state index contributed by atoms with van der Waals surface area (Å²) in [4.78, 5) is 27.9. The van der Waals surface area contributed by atoms with Crippen LogP contribution in [0.1, 0.15) is 18.5 Å². The minimum absolute atomic E-state index is 0.0324. The molecule has 0 atom stereocenters. The molecule has 2 aromatic heterocycles. The Morgan fingerprint density at radius 2 is 1.97 bits per heavy atom. The number of nitrogens with one attached hydrogen (secondary N) is 1. The van der Waals surface area contributed by atoms with Crippen LogP contribution in [0.2, 0.25) is 0 Å². The lowest BCUT2D eigenvalue weighted by Crippen LogP contribution is -2.42. The highest BCUT2D eigenvalue weighted by Crippen LogP contribution is 2.20. The van der Waals surface area contributed by atoms with Crippen molar-refractivity contribution in [2.75, 3.05) is 44.9 Å². The molecule has 0 aliphatic carbocycles. The zero-order valence-electron chi connectivity index (χ0n) is 17.6. The Morgan fingerprint density at radius 3 is 2.57 bits per heavy atom. The Labute approximate surface area is 177 Å². The molecule has 0 spiro atoms. The van der Waals surface area contributed by atoms with Gasteiger partial charge in [-0.3, -0.25) is 9.78 Å². The number of pyridine rings is 1. The molecule has 1 N–H and O–H groups in total. The number of piperidine rings is 1. The summed E-state index contributed by atoms with van der Waals surface area (Å²) in [5.74, 6) is 1.14. The number of carbonyl (C=O) groups is 1. The quantitative estimate of drug-likeness (QED) is 0.693. The highest BCUT2D eigenvalue weighted by Gasteiger charge is 2.28. The van der Waals surface area contributed by atoms with Gasteiger partial charge in [0.2, 0.25) is 15.9 Å². The monoisotopic (exact) mass is 432 g/mol. The van der Waals surface area contributed by atoms with Crippen LogP contribution in [0.15, 0.2) is 30.5 Å². The summed E-state index contributed by atoms with van der Waals surface area (Å²) in [6, 6.07) is 7.51. The minimum atomic E-state index is -3.19. The molecule has 0 radical (unpaired) electrons. The first kappa shape index (κ1) is 22.1. The average molecular weight is 433 g/mol. The number of rotatable bonds is 7. The first-order valence-corrected chi connectivity index (χ1v) is 11.8. The first-order valence-electron chi connectivity index (χ1n) is 9.93. The van der Waals surface area contributed by atoms with Crippen molar-refractivity contribution in [3.8, 4) is 11.5 Å². The third-order valence-electron chi connectivity index (χ3n) is 5.09. The van der Waals surface area contributed by atoms with Crippen LogP contribution in [0.4, 0.5) is 5.82 Å². The Hall–Kier alpha value is -2.59. The van der Waals surface area contributed by atoms with E-state index in [1.807, 2.05) is 43.3 Å². The number of hydrogen-bond donors (Lipinski definition) is 1. The van der Waals surface area contributed by atoms with Crippen LogP contribution in [0.3, 0.4) is 0 Å². The van der Waals surface area contributed by atoms with Crippen LogP contribution in [0.5, 0.6) is 0 Å². The Kier molecular flexibility index (Phi) is 6.99. The number of sulfonamides is 1. The lowest BCUT2D eigenvalue weighted by molar-refractivity contribution is -0.126. The maximum atomic E-state index is 12.5. The molecule has 1 fully saturated rings. The van der Waals surface area contributed by atoms with Crippen molar-refractivity contribution in [1.29, 1.82) is 0 Å². The van der Waals surface area contributed by atoms with Crippen molar-refractivity contribution < 1.29 is 13.2 Å². The van der Waals surface area contributed by atoms with E-state index in [1.54, 1.807) is 6.20 Å². The fourth-order valence-corrected chi connectivity index (χ4v) is 4.23. The number of aromatic nitrogens is 3. The number of anilines is 1. The average Bonchev–Trinajstić information content (AvgIpc) is 2.73. The lowest BCUT2D eigenvalue weighted by atomic mass is 9.97. The predicted molar refractivity (Wildman–Crippen MR) is 115 cm³/mol. The van der Waals surface area contributed by atoms with Crippen molar-refractivity contribution in [3.63, 3.8) is 0 Å². The van der Waals surface area contributed by atoms with Crippen molar-refractivity contribution in [2.45, 2.75) is 19.3 Å². The molecule has 2 aromatic rings. The fourth-order valence-electron chi connectivity index (χ4n) is 3.36. The maximum absolute atomic E-state index is 12.5. The van der Waals surface area contributed by atoms with E-state index in [0.717, 1.165) is 11.5 Å². The van der Waals surface area contributed by atoms with E-state index >= 15 is 0 Å². The van der Waals surface area contributed by atoms with Gasteiger partial charge in [-0.15, -0.1) is 0 Å². The summed E-state index contributed by atoms with van der Waals surface area (Å²) >= 11 is 0. The largest absolute Gasteiger partial charge is 0.363 e. The Balaban J connectivity index is 1.59. The van der Waals surface area contributed by atoms with Gasteiger partial charge in [0.05, 0.1) is 6.26 Å². The summed E-state index contributed by atoms with van der Waals surface area (Å²) < 4.78 is 24.6. The van der Waals surface area contributed by atoms with Gasteiger partial charge >= 0.3 is 0 Å². The highest BCUT2D eigenvalue weighted by molar-refractivity contribution is 7.88. The van der Waals surface area contributed by atoms with E-state index in [4.69, 9.17) is 0 Å². The second-order valence-electron chi connectivity index (χ2n) is 7.63. The van der Waals surface area contributed by atoms with Crippen LogP contribution >= 0.6 is 0 Å². The smallest absolute Gasteiger partial charge is 0.223 e. The molecule has 1 saturated heterocycles. The molecule has 1 amide bonds. The van der Waals surface area contributed by atoms with E-state index in [0.29, 0.717) is 50.4 Å². The molecule has 10 heteroatoms. The van der Waals surface area contributed by atoms with E-state index in [1.165, 1.54) is 10.6 Å². The van der Waals surface area contributed by atoms with Crippen LogP contribution < -0.4 is 10.2 Å². The molecular weight excluding hydrogens is 404 g/mol. The van der Waals surface area contributed by atoms with Crippen molar-refractivity contribution in [1.82, 2.24) is 24.6 Å². The van der Waals surface area contributed by atoms with Gasteiger partial charge in [-0.1, -0.05) is 6.07 Å². The minimum Gasteiger partial charge on any atom is -0.363 e. The zero-order valence-corrected chi connectivity index (χ0v) is 18.4. The van der Waals surface area contributed by atoms with Crippen LogP contribution in [0, 0.1) is 5.92 Å². The van der Waals surface area contributed by atoms with Gasteiger partial charge in [-0.05, 0) is 25.0 Å². The van der Waals surface area contributed by atoms with Crippen LogP contribution in [0.25, 0.3) is 11.5 Å². The van der Waals surface area contributed by atoms with E-state index in [2.05, 4.69) is 20.3 Å². The van der Waals surface area contributed by atoms with Crippen molar-refractivity contribution in [3.05, 3.63) is 36.2 Å². The van der Waals surface area contributed by atoms with Gasteiger partial charge in [0.15, 0.2) is 5.82 Å². The summed E-state index contributed by atoms with van der Waals surface area (Å²) in [6.07, 6.45) is 4.56. The van der Waals surface area contributed by atoms with E-state index in [9.17, 15) is 13.2 Å². The SMILES string of the molecule is CN(C)c1cc(CCNC(=O)C2CCN(S(C)(=O)=O)CC2)nc(-c2ccccn2)n1. The molecule has 162 valence electrons. The third kappa shape index (κ3) is 5.73. The lowest BCUT2D eigenvalue weighted by Gasteiger charge is -2.29. The number of nitrogens with zero attached hydrogens (tertiary/aromatic N) is 5. The summed E-state index contributed by atoms with van der Waals surface area (Å²) in [5, 5.41) is 2.97. The van der Waals surface area contributed by atoms with E-state index < -0.39 is 10.0 Å². The first-order chi connectivity index (χ1) is 14.2. The standard InChI is InChI=1S/C20H28N6O3S/c1-25(2)18-14-16(23-19(24-18)17-6-4-5-10-21-17)7-11-22-20(27)15-8-12-26(13-9-15)30(3,28)29/h4-6,10,14-15H,7-9,11-13H2,1-3H3,(H,22,27). The topological polar surface area (TPSA) is 108 Å². The molecular formula is C20H28N6O3S. The van der Waals surface area contributed by atoms with Gasteiger partial charge in [-0.25, -0.2) is 22.7 Å². The number of amides is 1. The molecule has 3 heterocycles. The molecule has 30 heavy (non-hydrogen) atoms. The molecule has 0 saturated carbocycles. The molecule has 0 unspecified atom stereocenters. The van der Waals surface area contributed by atoms with Gasteiger partial charge < -0.3 is 10.2 Å². The molecule has 0 bridgehead atoms. The van der Waals surface area contributed by atoms with Crippen molar-refractivity contribution in [2.24, 2.45) is 5.92 Å². The number of carbonyl (C=O) groups excluding carboxylic acids is 1. The predicted octanol–water partition coefficient (Wildman–Crippen LogP) is 0.935. The molecule has 3 rings (SSSR count). The molecule has 0 aromatic carbocycles. The van der Waals surface area contributed by atoms with Gasteiger partial charge in [0.25, 0.3) is 0 Å². The van der Waals surface area contributed by atoms with Crippen LogP contribution in [-0.4, -0.2) is 73.6 Å². The highest BCUT2D eigenvalue weighted by atomic mass is 32.2. The summed E-state index contributed by atoms with van der Waals surface area (Å²) in [5.41, 5.74) is 1.52. The Morgan fingerprint density at radius 1 is 1.23 bits per heavy atom. The van der Waals surface area contributed by atoms with Crippen LogP contribution in [-0.2, 0) is 21.2 Å². The molecule has 1 aliphatic rings. The number of hydrogen-bond acceptors (Lipinski definition) is 7. The van der Waals surface area contributed by atoms with E-state index in [-0.39, 0.29) is 11.8 Å². The third-order valence-corrected chi connectivity index (χ3v) is 6.40. The summed E-state index contributed by atoms with van der Waals surface area (Å²) in [6.45, 7) is 1.24. The molecule has 9 nitrogen and oxygen atoms in total. The second-order valence-corrected chi connectivity index (χ2v) is 9.61.